The molecule has 29 heavy (non-hydrogen) atoms. The maximum Gasteiger partial charge on any atom is 0.319 e. The Hall–Kier alpha value is -1.59. The second kappa shape index (κ2) is 16.2. The minimum absolute atomic E-state index is 0. The van der Waals surface area contributed by atoms with E-state index in [-0.39, 0.29) is 36.0 Å². The van der Waals surface area contributed by atoms with Gasteiger partial charge < -0.3 is 30.9 Å². The molecule has 0 aromatic heterocycles. The highest BCUT2D eigenvalue weighted by atomic mass is 127. The third-order valence-corrected chi connectivity index (χ3v) is 3.99. The molecule has 0 atom stereocenters. The van der Waals surface area contributed by atoms with E-state index >= 15 is 0 Å². The fourth-order valence-electron chi connectivity index (χ4n) is 2.50. The first-order valence-electron chi connectivity index (χ1n) is 9.73. The van der Waals surface area contributed by atoms with Gasteiger partial charge in [-0.25, -0.2) is 4.79 Å². The summed E-state index contributed by atoms with van der Waals surface area (Å²) in [6.45, 7) is 8.06. The third kappa shape index (κ3) is 13.3. The molecule has 0 radical (unpaired) electrons. The highest BCUT2D eigenvalue weighted by Crippen LogP contribution is 2.09. The fraction of sp³-hybridized carbons (Fsp3) is 0.600. The molecule has 0 bridgehead atoms. The molecule has 0 aliphatic carbocycles. The maximum absolute atomic E-state index is 11.7. The average molecular weight is 520 g/mol. The van der Waals surface area contributed by atoms with Gasteiger partial charge in [0, 0.05) is 58.7 Å². The number of aliphatic imine (C=N–C) groups is 1. The summed E-state index contributed by atoms with van der Waals surface area (Å²) in [5, 5.41) is 12.2. The van der Waals surface area contributed by atoms with E-state index in [1.807, 2.05) is 38.1 Å². The number of benzene rings is 1. The molecular weight excluding hydrogens is 483 g/mol. The van der Waals surface area contributed by atoms with E-state index in [2.05, 4.69) is 38.2 Å². The van der Waals surface area contributed by atoms with Gasteiger partial charge in [-0.15, -0.1) is 24.0 Å². The Labute approximate surface area is 192 Å². The van der Waals surface area contributed by atoms with Crippen LogP contribution in [0.25, 0.3) is 0 Å². The Morgan fingerprint density at radius 3 is 2.45 bits per heavy atom. The molecule has 0 aliphatic rings. The number of rotatable bonds is 11. The monoisotopic (exact) mass is 520 g/mol. The van der Waals surface area contributed by atoms with Crippen LogP contribution < -0.4 is 21.3 Å². The second-order valence-electron chi connectivity index (χ2n) is 6.95. The summed E-state index contributed by atoms with van der Waals surface area (Å²) in [6, 6.07) is 7.65. The Morgan fingerprint density at radius 1 is 1.17 bits per heavy atom. The summed E-state index contributed by atoms with van der Waals surface area (Å²) < 4.78 is 5.07. The maximum atomic E-state index is 11.7. The number of nitrogens with one attached hydrogen (secondary N) is 4. The van der Waals surface area contributed by atoms with Gasteiger partial charge in [-0.05, 0) is 45.0 Å². The van der Waals surface area contributed by atoms with Gasteiger partial charge in [-0.2, -0.15) is 0 Å². The largest absolute Gasteiger partial charge is 0.385 e. The lowest BCUT2D eigenvalue weighted by atomic mass is 10.2. The van der Waals surface area contributed by atoms with E-state index in [0.29, 0.717) is 6.54 Å². The van der Waals surface area contributed by atoms with Crippen molar-refractivity contribution in [3.8, 4) is 0 Å². The van der Waals surface area contributed by atoms with Crippen LogP contribution in [0.15, 0.2) is 29.3 Å². The number of hydrogen-bond acceptors (Lipinski definition) is 4. The molecule has 1 rings (SSSR count). The lowest BCUT2D eigenvalue weighted by Crippen LogP contribution is -2.40. The van der Waals surface area contributed by atoms with E-state index in [0.717, 1.165) is 49.9 Å². The van der Waals surface area contributed by atoms with Gasteiger partial charge in [-0.3, -0.25) is 4.99 Å². The number of guanidine groups is 1. The topological polar surface area (TPSA) is 90.0 Å². The second-order valence-corrected chi connectivity index (χ2v) is 6.95. The van der Waals surface area contributed by atoms with Crippen molar-refractivity contribution < 1.29 is 9.53 Å². The van der Waals surface area contributed by atoms with E-state index in [9.17, 15) is 4.79 Å². The van der Waals surface area contributed by atoms with Crippen molar-refractivity contribution in [2.45, 2.75) is 32.9 Å². The first-order chi connectivity index (χ1) is 13.4. The number of urea groups is 1. The molecule has 0 unspecified atom stereocenters. The van der Waals surface area contributed by atoms with Gasteiger partial charge in [-0.1, -0.05) is 12.1 Å². The van der Waals surface area contributed by atoms with Gasteiger partial charge in [0.05, 0.1) is 0 Å². The molecule has 166 valence electrons. The molecule has 4 N–H and O–H groups in total. The van der Waals surface area contributed by atoms with Crippen molar-refractivity contribution in [3.05, 3.63) is 29.8 Å². The molecule has 0 heterocycles. The molecule has 0 saturated heterocycles. The zero-order valence-corrected chi connectivity index (χ0v) is 20.6. The van der Waals surface area contributed by atoms with Crippen LogP contribution in [0, 0.1) is 0 Å². The summed E-state index contributed by atoms with van der Waals surface area (Å²) in [5.74, 6) is 0.767. The lowest BCUT2D eigenvalue weighted by molar-refractivity contribution is 0.180. The molecule has 0 fully saturated rings. The fourth-order valence-corrected chi connectivity index (χ4v) is 2.50. The van der Waals surface area contributed by atoms with E-state index in [4.69, 9.17) is 4.74 Å². The molecule has 8 nitrogen and oxygen atoms in total. The lowest BCUT2D eigenvalue weighted by Gasteiger charge is -2.18. The highest BCUT2D eigenvalue weighted by Gasteiger charge is 2.04. The number of likely N-dealkylation sites (N-methyl/N-ethyl adjacent to an activating group) is 1. The summed E-state index contributed by atoms with van der Waals surface area (Å²) in [6.07, 6.45) is 1.03. The normalized spacial score (nSPS) is 11.2. The Balaban J connectivity index is 0.00000784. The van der Waals surface area contributed by atoms with Gasteiger partial charge in [0.2, 0.25) is 0 Å². The Morgan fingerprint density at radius 2 is 1.86 bits per heavy atom. The SMILES string of the molecule is CN=C(NCCN(C)CCCOC)NCc1ccc(NC(=O)NC(C)C)cc1.I. The molecular formula is C20H37IN6O2. The van der Waals surface area contributed by atoms with Crippen LogP contribution in [0.5, 0.6) is 0 Å². The Kier molecular flexibility index (Phi) is 15.3. The Bertz CT molecular complexity index is 595. The van der Waals surface area contributed by atoms with E-state index in [1.165, 1.54) is 0 Å². The average Bonchev–Trinajstić information content (AvgIpc) is 2.65. The zero-order chi connectivity index (χ0) is 20.8. The van der Waals surface area contributed by atoms with Crippen LogP contribution in [-0.2, 0) is 11.3 Å². The van der Waals surface area contributed by atoms with Crippen molar-refractivity contribution in [2.24, 2.45) is 4.99 Å². The molecule has 0 saturated carbocycles. The number of anilines is 1. The van der Waals surface area contributed by atoms with E-state index in [1.54, 1.807) is 14.2 Å². The number of nitrogens with zero attached hydrogens (tertiary/aromatic N) is 2. The first-order valence-corrected chi connectivity index (χ1v) is 9.73. The number of halogens is 1. The number of amides is 2. The predicted octanol–water partition coefficient (Wildman–Crippen LogP) is 2.47. The molecule has 0 aliphatic heterocycles. The van der Waals surface area contributed by atoms with Gasteiger partial charge >= 0.3 is 6.03 Å². The number of hydrogen-bond donors (Lipinski definition) is 4. The molecule has 1 aromatic rings. The predicted molar refractivity (Wildman–Crippen MR) is 131 cm³/mol. The van der Waals surface area contributed by atoms with Crippen LogP contribution in [0.1, 0.15) is 25.8 Å². The van der Waals surface area contributed by atoms with Crippen LogP contribution in [0.4, 0.5) is 10.5 Å². The van der Waals surface area contributed by atoms with Crippen LogP contribution in [0.2, 0.25) is 0 Å². The third-order valence-electron chi connectivity index (χ3n) is 3.99. The summed E-state index contributed by atoms with van der Waals surface area (Å²) in [4.78, 5) is 18.2. The first kappa shape index (κ1) is 27.4. The van der Waals surface area contributed by atoms with Gasteiger partial charge in [0.25, 0.3) is 0 Å². The van der Waals surface area contributed by atoms with Crippen molar-refractivity contribution in [1.29, 1.82) is 0 Å². The van der Waals surface area contributed by atoms with Crippen molar-refractivity contribution >= 4 is 41.7 Å². The summed E-state index contributed by atoms with van der Waals surface area (Å²) in [7, 11) is 5.59. The van der Waals surface area contributed by atoms with Gasteiger partial charge in [0.15, 0.2) is 5.96 Å². The highest BCUT2D eigenvalue weighted by molar-refractivity contribution is 14.0. The van der Waals surface area contributed by atoms with Gasteiger partial charge in [0.1, 0.15) is 0 Å². The minimum Gasteiger partial charge on any atom is -0.385 e. The number of carbonyl (C=O) groups excluding carboxylic acids is 1. The van der Waals surface area contributed by atoms with Crippen molar-refractivity contribution in [2.75, 3.05) is 52.8 Å². The van der Waals surface area contributed by atoms with Crippen molar-refractivity contribution in [3.63, 3.8) is 0 Å². The van der Waals surface area contributed by atoms with E-state index < -0.39 is 0 Å². The molecule has 0 spiro atoms. The molecule has 1 aromatic carbocycles. The number of ether oxygens (including phenoxy) is 1. The summed E-state index contributed by atoms with van der Waals surface area (Å²) >= 11 is 0. The number of carbonyl (C=O) groups is 1. The number of methoxy groups -OCH3 is 1. The molecule has 2 amide bonds. The quantitative estimate of drug-likeness (QED) is 0.156. The summed E-state index contributed by atoms with van der Waals surface area (Å²) in [5.41, 5.74) is 1.87. The smallest absolute Gasteiger partial charge is 0.319 e. The standard InChI is InChI=1S/C20H36N6O2.HI/c1-16(2)24-20(27)25-18-9-7-17(8-10-18)15-23-19(21-3)22-11-13-26(4)12-6-14-28-5;/h7-10,16H,6,11-15H2,1-5H3,(H2,21,22,23)(H2,24,25,27);1H. The van der Waals surface area contributed by atoms with Crippen molar-refractivity contribution in [1.82, 2.24) is 20.9 Å². The molecule has 9 heteroatoms. The minimum atomic E-state index is -0.197. The zero-order valence-electron chi connectivity index (χ0n) is 18.2. The van der Waals surface area contributed by atoms with Crippen LogP contribution >= 0.6 is 24.0 Å². The van der Waals surface area contributed by atoms with Crippen LogP contribution in [-0.4, -0.2) is 70.4 Å². The van der Waals surface area contributed by atoms with Crippen LogP contribution in [0.3, 0.4) is 0 Å².